The van der Waals surface area contributed by atoms with E-state index in [2.05, 4.69) is 21.3 Å². The lowest BCUT2D eigenvalue weighted by molar-refractivity contribution is -0.117. The number of carbonyl (C=O) groups excluding carboxylic acids is 3. The fourth-order valence-electron chi connectivity index (χ4n) is 2.97. The molecule has 0 unspecified atom stereocenters. The number of anilines is 4. The van der Waals surface area contributed by atoms with E-state index in [1.807, 2.05) is 44.2 Å². The average molecular weight is 409 g/mol. The molecule has 0 bridgehead atoms. The van der Waals surface area contributed by atoms with Gasteiger partial charge in [0.1, 0.15) is 0 Å². The van der Waals surface area contributed by atoms with Gasteiger partial charge in [0.25, 0.3) is 0 Å². The van der Waals surface area contributed by atoms with Gasteiger partial charge in [0.15, 0.2) is 0 Å². The molecule has 0 aromatic heterocycles. The maximum absolute atomic E-state index is 12.4. The second-order valence-corrected chi connectivity index (χ2v) is 7.57. The molecule has 7 nitrogen and oxygen atoms in total. The molecular weight excluding hydrogens is 380 g/mol. The number of rotatable bonds is 8. The Kier molecular flexibility index (Phi) is 6.72. The van der Waals surface area contributed by atoms with E-state index in [-0.39, 0.29) is 30.2 Å². The molecule has 0 spiro atoms. The van der Waals surface area contributed by atoms with Crippen molar-refractivity contribution in [3.8, 4) is 0 Å². The molecule has 0 aliphatic heterocycles. The minimum Gasteiger partial charge on any atom is -0.376 e. The highest BCUT2D eigenvalue weighted by Crippen LogP contribution is 2.31. The third kappa shape index (κ3) is 5.59. The first-order valence-corrected chi connectivity index (χ1v) is 10.2. The van der Waals surface area contributed by atoms with E-state index in [1.54, 1.807) is 13.0 Å². The first kappa shape index (κ1) is 21.4. The molecular formula is C23H28N4O3. The molecule has 0 heterocycles. The van der Waals surface area contributed by atoms with E-state index in [0.717, 1.165) is 35.3 Å². The summed E-state index contributed by atoms with van der Waals surface area (Å²) in [6.45, 7) is 5.65. The maximum atomic E-state index is 12.4. The van der Waals surface area contributed by atoms with Gasteiger partial charge in [0, 0.05) is 35.1 Å². The molecule has 4 N–H and O–H groups in total. The fourth-order valence-corrected chi connectivity index (χ4v) is 2.97. The van der Waals surface area contributed by atoms with Crippen molar-refractivity contribution in [3.63, 3.8) is 0 Å². The number of benzene rings is 2. The number of aryl methyl sites for hydroxylation is 1. The molecule has 0 radical (unpaired) electrons. The predicted molar refractivity (Wildman–Crippen MR) is 120 cm³/mol. The number of hydrogen-bond acceptors (Lipinski definition) is 4. The van der Waals surface area contributed by atoms with Crippen LogP contribution >= 0.6 is 0 Å². The van der Waals surface area contributed by atoms with Gasteiger partial charge in [-0.2, -0.15) is 0 Å². The Morgan fingerprint density at radius 3 is 2.23 bits per heavy atom. The summed E-state index contributed by atoms with van der Waals surface area (Å²) < 4.78 is 0. The average Bonchev–Trinajstić information content (AvgIpc) is 3.57. The smallest absolute Gasteiger partial charge is 0.243 e. The van der Waals surface area contributed by atoms with Gasteiger partial charge in [-0.15, -0.1) is 0 Å². The summed E-state index contributed by atoms with van der Waals surface area (Å²) in [6.07, 6.45) is 2.28. The Hall–Kier alpha value is -3.35. The molecule has 0 atom stereocenters. The molecule has 0 saturated heterocycles. The van der Waals surface area contributed by atoms with Crippen LogP contribution in [-0.4, -0.2) is 24.3 Å². The topological polar surface area (TPSA) is 99.3 Å². The molecule has 1 aliphatic rings. The summed E-state index contributed by atoms with van der Waals surface area (Å²) in [5, 5.41) is 11.8. The molecule has 2 aromatic carbocycles. The van der Waals surface area contributed by atoms with Crippen molar-refractivity contribution in [1.82, 2.24) is 0 Å². The molecule has 3 amide bonds. The van der Waals surface area contributed by atoms with Crippen molar-refractivity contribution >= 4 is 40.5 Å². The highest BCUT2D eigenvalue weighted by atomic mass is 16.2. The van der Waals surface area contributed by atoms with E-state index in [9.17, 15) is 14.4 Å². The van der Waals surface area contributed by atoms with E-state index in [4.69, 9.17) is 0 Å². The van der Waals surface area contributed by atoms with Crippen LogP contribution in [0.15, 0.2) is 36.4 Å². The summed E-state index contributed by atoms with van der Waals surface area (Å²) in [5.74, 6) is -0.109. The summed E-state index contributed by atoms with van der Waals surface area (Å²) in [7, 11) is 0. The number of carbonyl (C=O) groups is 3. The third-order valence-electron chi connectivity index (χ3n) is 5.10. The molecule has 30 heavy (non-hydrogen) atoms. The minimum absolute atomic E-state index is 0.0357. The number of nitrogens with one attached hydrogen (secondary N) is 4. The molecule has 158 valence electrons. The van der Waals surface area contributed by atoms with Crippen molar-refractivity contribution in [2.75, 3.05) is 27.8 Å². The second-order valence-electron chi connectivity index (χ2n) is 7.57. The normalized spacial score (nSPS) is 12.8. The largest absolute Gasteiger partial charge is 0.376 e. The predicted octanol–water partition coefficient (Wildman–Crippen LogP) is 4.05. The van der Waals surface area contributed by atoms with Crippen molar-refractivity contribution in [2.24, 2.45) is 5.92 Å². The Bertz CT molecular complexity index is 967. The van der Waals surface area contributed by atoms with Gasteiger partial charge in [-0.3, -0.25) is 14.4 Å². The highest BCUT2D eigenvalue weighted by Gasteiger charge is 2.29. The van der Waals surface area contributed by atoms with Crippen LogP contribution in [0.4, 0.5) is 22.7 Å². The Labute approximate surface area is 176 Å². The maximum Gasteiger partial charge on any atom is 0.243 e. The molecule has 1 aliphatic carbocycles. The van der Waals surface area contributed by atoms with Gasteiger partial charge in [-0.05, 0) is 62.1 Å². The van der Waals surface area contributed by atoms with Gasteiger partial charge in [-0.25, -0.2) is 0 Å². The highest BCUT2D eigenvalue weighted by molar-refractivity contribution is 5.98. The summed E-state index contributed by atoms with van der Waals surface area (Å²) in [6, 6.07) is 11.0. The zero-order chi connectivity index (χ0) is 21.7. The molecule has 3 rings (SSSR count). The number of amides is 3. The van der Waals surface area contributed by atoms with E-state index in [0.29, 0.717) is 17.8 Å². The van der Waals surface area contributed by atoms with Gasteiger partial charge in [0.2, 0.25) is 17.7 Å². The van der Waals surface area contributed by atoms with Crippen molar-refractivity contribution in [1.29, 1.82) is 0 Å². The van der Waals surface area contributed by atoms with Crippen LogP contribution < -0.4 is 21.3 Å². The molecule has 2 aromatic rings. The standard InChI is InChI=1S/C23H28N4O3/c1-4-21(28)26-20-12-17(11-8-14(20)2)24-13-22(29)25-18-6-5-7-19(15(18)3)27-23(30)16-9-10-16/h5-8,11-12,16,24H,4,9-10,13H2,1-3H3,(H,25,29)(H,26,28)(H,27,30). The fraction of sp³-hybridized carbons (Fsp3) is 0.348. The quantitative estimate of drug-likeness (QED) is 0.529. The van der Waals surface area contributed by atoms with Crippen LogP contribution in [0.25, 0.3) is 0 Å². The Morgan fingerprint density at radius 1 is 0.900 bits per heavy atom. The lowest BCUT2D eigenvalue weighted by Crippen LogP contribution is -2.22. The van der Waals surface area contributed by atoms with Crippen LogP contribution in [0, 0.1) is 19.8 Å². The van der Waals surface area contributed by atoms with Gasteiger partial charge in [-0.1, -0.05) is 19.1 Å². The first-order chi connectivity index (χ1) is 14.4. The van der Waals surface area contributed by atoms with E-state index in [1.165, 1.54) is 0 Å². The minimum atomic E-state index is -0.205. The van der Waals surface area contributed by atoms with Crippen molar-refractivity contribution < 1.29 is 14.4 Å². The zero-order valence-corrected chi connectivity index (χ0v) is 17.6. The van der Waals surface area contributed by atoms with Crippen LogP contribution in [0.2, 0.25) is 0 Å². The number of hydrogen-bond donors (Lipinski definition) is 4. The van der Waals surface area contributed by atoms with Crippen LogP contribution in [-0.2, 0) is 14.4 Å². The van der Waals surface area contributed by atoms with E-state index < -0.39 is 0 Å². The SMILES string of the molecule is CCC(=O)Nc1cc(NCC(=O)Nc2cccc(NC(=O)C3CC3)c2C)ccc1C. The summed E-state index contributed by atoms with van der Waals surface area (Å²) >= 11 is 0. The lowest BCUT2D eigenvalue weighted by Gasteiger charge is -2.14. The monoisotopic (exact) mass is 408 g/mol. The lowest BCUT2D eigenvalue weighted by atomic mass is 10.1. The molecule has 1 saturated carbocycles. The Morgan fingerprint density at radius 2 is 1.57 bits per heavy atom. The van der Waals surface area contributed by atoms with Crippen LogP contribution in [0.3, 0.4) is 0 Å². The molecule has 7 heteroatoms. The first-order valence-electron chi connectivity index (χ1n) is 10.2. The van der Waals surface area contributed by atoms with Crippen molar-refractivity contribution in [3.05, 3.63) is 47.5 Å². The summed E-state index contributed by atoms with van der Waals surface area (Å²) in [4.78, 5) is 36.1. The van der Waals surface area contributed by atoms with Gasteiger partial charge in [0.05, 0.1) is 6.54 Å². The van der Waals surface area contributed by atoms with Crippen LogP contribution in [0.1, 0.15) is 37.3 Å². The van der Waals surface area contributed by atoms with Gasteiger partial charge < -0.3 is 21.3 Å². The zero-order valence-electron chi connectivity index (χ0n) is 17.6. The Balaban J connectivity index is 1.59. The third-order valence-corrected chi connectivity index (χ3v) is 5.10. The van der Waals surface area contributed by atoms with Crippen LogP contribution in [0.5, 0.6) is 0 Å². The van der Waals surface area contributed by atoms with E-state index >= 15 is 0 Å². The summed E-state index contributed by atoms with van der Waals surface area (Å²) in [5.41, 5.74) is 4.61. The second kappa shape index (κ2) is 9.43. The molecule has 1 fully saturated rings. The van der Waals surface area contributed by atoms with Crippen molar-refractivity contribution in [2.45, 2.75) is 40.0 Å². The van der Waals surface area contributed by atoms with Gasteiger partial charge >= 0.3 is 0 Å².